The molecule has 8 heteroatoms. The Balaban J connectivity index is 2.13. The molecule has 1 aliphatic rings. The summed E-state index contributed by atoms with van der Waals surface area (Å²) in [7, 11) is 0. The largest absolute Gasteiger partial charge is 0.463 e. The Hall–Kier alpha value is -2.77. The summed E-state index contributed by atoms with van der Waals surface area (Å²) in [5, 5.41) is 3.09. The summed E-state index contributed by atoms with van der Waals surface area (Å²) in [4.78, 5) is 38.5. The first-order valence-electron chi connectivity index (χ1n) is 7.55. The molecule has 2 aromatic rings. The Labute approximate surface area is 158 Å². The van der Waals surface area contributed by atoms with Crippen LogP contribution in [0.25, 0.3) is 17.0 Å². The minimum Gasteiger partial charge on any atom is -0.463 e. The van der Waals surface area contributed by atoms with Gasteiger partial charge in [0, 0.05) is 11.6 Å². The Morgan fingerprint density at radius 2 is 2.08 bits per heavy atom. The summed E-state index contributed by atoms with van der Waals surface area (Å²) in [5.74, 6) is -1.29. The molecular formula is C18H13ClN2O4S. The lowest BCUT2D eigenvalue weighted by Gasteiger charge is -2.27. The molecule has 1 N–H and O–H groups in total. The lowest BCUT2D eigenvalue weighted by Crippen LogP contribution is -2.53. The van der Waals surface area contributed by atoms with E-state index in [0.29, 0.717) is 10.6 Å². The number of halogens is 1. The molecule has 1 aromatic heterocycles. The van der Waals surface area contributed by atoms with E-state index in [1.165, 1.54) is 29.4 Å². The monoisotopic (exact) mass is 388 g/mol. The average molecular weight is 389 g/mol. The van der Waals surface area contributed by atoms with Crippen LogP contribution in [0.15, 0.2) is 45.8 Å². The van der Waals surface area contributed by atoms with E-state index in [9.17, 15) is 14.4 Å². The molecule has 26 heavy (non-hydrogen) atoms. The number of carbonyl (C=O) groups is 2. The fourth-order valence-electron chi connectivity index (χ4n) is 2.51. The zero-order valence-electron chi connectivity index (χ0n) is 13.7. The molecule has 0 atom stereocenters. The molecule has 0 radical (unpaired) electrons. The molecular weight excluding hydrogens is 376 g/mol. The van der Waals surface area contributed by atoms with Crippen molar-refractivity contribution in [3.63, 3.8) is 0 Å². The number of rotatable bonds is 3. The highest BCUT2D eigenvalue weighted by Crippen LogP contribution is 2.22. The van der Waals surface area contributed by atoms with Gasteiger partial charge in [-0.05, 0) is 42.9 Å². The SMILES string of the molecule is C=CCN1C(=O)/C(=C/c2coc3cc(C)c(Cl)cc3c2=O)C(=O)NC1=S. The number of nitrogens with zero attached hydrogens (tertiary/aromatic N) is 1. The summed E-state index contributed by atoms with van der Waals surface area (Å²) in [5.41, 5.74) is 0.578. The molecule has 0 saturated carbocycles. The van der Waals surface area contributed by atoms with Gasteiger partial charge < -0.3 is 4.42 Å². The first kappa shape index (κ1) is 18.0. The van der Waals surface area contributed by atoms with Crippen molar-refractivity contribution in [2.24, 2.45) is 0 Å². The van der Waals surface area contributed by atoms with Gasteiger partial charge in [-0.1, -0.05) is 17.7 Å². The van der Waals surface area contributed by atoms with Gasteiger partial charge in [0.2, 0.25) is 0 Å². The summed E-state index contributed by atoms with van der Waals surface area (Å²) >= 11 is 11.1. The lowest BCUT2D eigenvalue weighted by molar-refractivity contribution is -0.128. The third-order valence-corrected chi connectivity index (χ3v) is 4.61. The normalized spacial score (nSPS) is 16.3. The van der Waals surface area contributed by atoms with E-state index in [-0.39, 0.29) is 28.2 Å². The van der Waals surface area contributed by atoms with Crippen LogP contribution in [-0.4, -0.2) is 28.4 Å². The molecule has 6 nitrogen and oxygen atoms in total. The third kappa shape index (κ3) is 3.07. The van der Waals surface area contributed by atoms with E-state index in [2.05, 4.69) is 11.9 Å². The van der Waals surface area contributed by atoms with Crippen LogP contribution < -0.4 is 10.7 Å². The summed E-state index contributed by atoms with van der Waals surface area (Å²) in [6.07, 6.45) is 3.87. The van der Waals surface area contributed by atoms with Crippen molar-refractivity contribution in [1.82, 2.24) is 10.2 Å². The zero-order valence-corrected chi connectivity index (χ0v) is 15.2. The molecule has 1 saturated heterocycles. The van der Waals surface area contributed by atoms with Crippen molar-refractivity contribution >= 4 is 57.8 Å². The number of amides is 2. The van der Waals surface area contributed by atoms with Crippen molar-refractivity contribution < 1.29 is 14.0 Å². The summed E-state index contributed by atoms with van der Waals surface area (Å²) in [6, 6.07) is 3.15. The van der Waals surface area contributed by atoms with Gasteiger partial charge in [-0.2, -0.15) is 0 Å². The standard InChI is InChI=1S/C18H13ClN2O4S/c1-3-4-21-17(24)12(16(23)20-18(21)26)6-10-8-25-14-5-9(2)13(19)7-11(14)15(10)22/h3,5-8H,1,4H2,2H3,(H,20,23,26)/b12-6+. The number of aryl methyl sites for hydroxylation is 1. The van der Waals surface area contributed by atoms with Crippen LogP contribution in [0.4, 0.5) is 0 Å². The van der Waals surface area contributed by atoms with E-state index >= 15 is 0 Å². The number of thiocarbonyl (C=S) groups is 1. The van der Waals surface area contributed by atoms with Crippen molar-refractivity contribution in [2.75, 3.05) is 6.54 Å². The van der Waals surface area contributed by atoms with Crippen molar-refractivity contribution in [1.29, 1.82) is 0 Å². The van der Waals surface area contributed by atoms with Crippen molar-refractivity contribution in [2.45, 2.75) is 6.92 Å². The van der Waals surface area contributed by atoms with Gasteiger partial charge in [0.25, 0.3) is 11.8 Å². The van der Waals surface area contributed by atoms with Crippen LogP contribution in [-0.2, 0) is 9.59 Å². The highest BCUT2D eigenvalue weighted by Gasteiger charge is 2.32. The van der Waals surface area contributed by atoms with Gasteiger partial charge in [-0.3, -0.25) is 24.6 Å². The van der Waals surface area contributed by atoms with E-state index in [1.54, 1.807) is 13.0 Å². The van der Waals surface area contributed by atoms with E-state index in [0.717, 1.165) is 5.56 Å². The fourth-order valence-corrected chi connectivity index (χ4v) is 2.92. The van der Waals surface area contributed by atoms with Crippen LogP contribution in [0.2, 0.25) is 5.02 Å². The molecule has 0 aliphatic carbocycles. The molecule has 1 fully saturated rings. The molecule has 0 bridgehead atoms. The van der Waals surface area contributed by atoms with Gasteiger partial charge in [0.05, 0.1) is 10.9 Å². The molecule has 1 aliphatic heterocycles. The second kappa shape index (κ2) is 6.86. The van der Waals surface area contributed by atoms with E-state index in [4.69, 9.17) is 28.2 Å². The lowest BCUT2D eigenvalue weighted by atomic mass is 10.1. The van der Waals surface area contributed by atoms with Crippen LogP contribution in [0, 0.1) is 6.92 Å². The maximum absolute atomic E-state index is 12.7. The maximum Gasteiger partial charge on any atom is 0.265 e. The second-order valence-electron chi connectivity index (χ2n) is 5.64. The number of hydrogen-bond donors (Lipinski definition) is 1. The zero-order chi connectivity index (χ0) is 19.0. The molecule has 3 rings (SSSR count). The Morgan fingerprint density at radius 1 is 1.35 bits per heavy atom. The van der Waals surface area contributed by atoms with Crippen LogP contribution >= 0.6 is 23.8 Å². The third-order valence-electron chi connectivity index (χ3n) is 3.88. The van der Waals surface area contributed by atoms with Crippen LogP contribution in [0.5, 0.6) is 0 Å². The van der Waals surface area contributed by atoms with Crippen molar-refractivity contribution in [3.8, 4) is 0 Å². The topological polar surface area (TPSA) is 79.6 Å². The Morgan fingerprint density at radius 3 is 2.77 bits per heavy atom. The van der Waals surface area contributed by atoms with Gasteiger partial charge in [0.1, 0.15) is 17.4 Å². The molecule has 2 amide bonds. The highest BCUT2D eigenvalue weighted by molar-refractivity contribution is 7.80. The smallest absolute Gasteiger partial charge is 0.265 e. The van der Waals surface area contributed by atoms with Gasteiger partial charge >= 0.3 is 0 Å². The molecule has 0 spiro atoms. The summed E-state index contributed by atoms with van der Waals surface area (Å²) < 4.78 is 5.47. The predicted octanol–water partition coefficient (Wildman–Crippen LogP) is 2.57. The average Bonchev–Trinajstić information content (AvgIpc) is 2.59. The minimum absolute atomic E-state index is 0.00940. The molecule has 2 heterocycles. The molecule has 132 valence electrons. The highest BCUT2D eigenvalue weighted by atomic mass is 35.5. The minimum atomic E-state index is -0.679. The fraction of sp³-hybridized carbons (Fsp3) is 0.111. The molecule has 0 unspecified atom stereocenters. The number of fused-ring (bicyclic) bond motifs is 1. The number of carbonyl (C=O) groups excluding carboxylic acids is 2. The molecule has 1 aromatic carbocycles. The second-order valence-corrected chi connectivity index (χ2v) is 6.43. The van der Waals surface area contributed by atoms with Crippen LogP contribution in [0.1, 0.15) is 11.1 Å². The number of benzene rings is 1. The van der Waals surface area contributed by atoms with E-state index in [1.807, 2.05) is 0 Å². The van der Waals surface area contributed by atoms with Gasteiger partial charge in [-0.25, -0.2) is 0 Å². The predicted molar refractivity (Wildman–Crippen MR) is 103 cm³/mol. The van der Waals surface area contributed by atoms with Crippen LogP contribution in [0.3, 0.4) is 0 Å². The Bertz CT molecular complexity index is 1070. The number of hydrogen-bond acceptors (Lipinski definition) is 5. The van der Waals surface area contributed by atoms with E-state index < -0.39 is 17.2 Å². The Kier molecular flexibility index (Phi) is 4.76. The van der Waals surface area contributed by atoms with Gasteiger partial charge in [0.15, 0.2) is 10.5 Å². The van der Waals surface area contributed by atoms with Gasteiger partial charge in [-0.15, -0.1) is 6.58 Å². The maximum atomic E-state index is 12.7. The first-order valence-corrected chi connectivity index (χ1v) is 8.33. The summed E-state index contributed by atoms with van der Waals surface area (Å²) in [6.45, 7) is 5.48. The van der Waals surface area contributed by atoms with Crippen molar-refractivity contribution in [3.05, 3.63) is 63.0 Å². The quantitative estimate of drug-likeness (QED) is 0.378. The number of nitrogens with one attached hydrogen (secondary N) is 1. The first-order chi connectivity index (χ1) is 12.3.